The number of rotatable bonds is 9. The van der Waals surface area contributed by atoms with Crippen molar-refractivity contribution in [1.29, 1.82) is 0 Å². The van der Waals surface area contributed by atoms with E-state index in [2.05, 4.69) is 5.09 Å². The van der Waals surface area contributed by atoms with Gasteiger partial charge in [0.05, 0.1) is 13.2 Å². The Morgan fingerprint density at radius 1 is 1.33 bits per heavy atom. The van der Waals surface area contributed by atoms with Gasteiger partial charge in [0.15, 0.2) is 6.17 Å². The van der Waals surface area contributed by atoms with E-state index in [0.29, 0.717) is 0 Å². The van der Waals surface area contributed by atoms with Crippen LogP contribution < -0.4 is 9.61 Å². The first-order valence-corrected chi connectivity index (χ1v) is 11.0. The molecule has 1 aromatic rings. The molecule has 9 nitrogen and oxygen atoms in total. The first-order valence-electron chi connectivity index (χ1n) is 9.50. The summed E-state index contributed by atoms with van der Waals surface area (Å²) in [6.07, 6.45) is -6.78. The minimum absolute atomic E-state index is 0.130. The summed E-state index contributed by atoms with van der Waals surface area (Å²) in [4.78, 5) is 12.3. The van der Waals surface area contributed by atoms with Crippen molar-refractivity contribution in [2.75, 3.05) is 13.2 Å². The van der Waals surface area contributed by atoms with Crippen molar-refractivity contribution in [1.82, 2.24) is 5.09 Å². The summed E-state index contributed by atoms with van der Waals surface area (Å²) >= 11 is 0. The predicted molar refractivity (Wildman–Crippen MR) is 105 cm³/mol. The molecule has 0 amide bonds. The Labute approximate surface area is 175 Å². The number of esters is 1. The average Bonchev–Trinajstić information content (AvgIpc) is 2.93. The van der Waals surface area contributed by atoms with E-state index in [1.165, 1.54) is 19.1 Å². The maximum Gasteiger partial charge on any atom is 0.461 e. The van der Waals surface area contributed by atoms with Crippen LogP contribution in [0, 0.1) is 5.41 Å². The van der Waals surface area contributed by atoms with Crippen LogP contribution in [-0.2, 0) is 23.4 Å². The van der Waals surface area contributed by atoms with Gasteiger partial charge >= 0.3 is 13.7 Å². The van der Waals surface area contributed by atoms with Gasteiger partial charge in [-0.15, -0.1) is 0 Å². The molecule has 11 heteroatoms. The number of carbonyl (C=O) groups is 1. The number of nitrogens with one attached hydrogen (secondary N) is 1. The van der Waals surface area contributed by atoms with Crippen LogP contribution in [0.2, 0.25) is 0 Å². The molecule has 2 rings (SSSR count). The second kappa shape index (κ2) is 10.2. The zero-order valence-electron chi connectivity index (χ0n) is 17.4. The van der Waals surface area contributed by atoms with Crippen molar-refractivity contribution in [3.05, 3.63) is 30.3 Å². The molecule has 0 bridgehead atoms. The molecule has 30 heavy (non-hydrogen) atoms. The Balaban J connectivity index is 2.15. The van der Waals surface area contributed by atoms with E-state index in [4.69, 9.17) is 23.6 Å². The number of ether oxygens (including phenoxy) is 2. The van der Waals surface area contributed by atoms with Crippen LogP contribution in [0.25, 0.3) is 0 Å². The third-order valence-electron chi connectivity index (χ3n) is 4.02. The highest BCUT2D eigenvalue weighted by Gasteiger charge is 2.49. The predicted octanol–water partition coefficient (Wildman–Crippen LogP) is 2.17. The van der Waals surface area contributed by atoms with Gasteiger partial charge in [0.1, 0.15) is 24.0 Å². The van der Waals surface area contributed by atoms with Crippen LogP contribution in [0.4, 0.5) is 4.39 Å². The minimum Gasteiger partial charge on any atom is -0.464 e. The molecule has 1 aliphatic rings. The SMILES string of the molecule is C[C@H](NP(=O)(Oc1ccccc1)O[C@H]1O[C@H](CO)[C@@H](O)[C@@H]1F)C(=O)OCC(C)(C)C. The molecule has 170 valence electrons. The van der Waals surface area contributed by atoms with Gasteiger partial charge in [0.25, 0.3) is 0 Å². The zero-order valence-corrected chi connectivity index (χ0v) is 18.3. The molecule has 0 saturated carbocycles. The molecule has 1 aliphatic heterocycles. The normalized spacial score (nSPS) is 27.3. The van der Waals surface area contributed by atoms with Gasteiger partial charge in [-0.25, -0.2) is 8.96 Å². The van der Waals surface area contributed by atoms with Crippen molar-refractivity contribution in [3.8, 4) is 5.75 Å². The molecular weight excluding hydrogens is 420 g/mol. The van der Waals surface area contributed by atoms with Crippen LogP contribution in [0.3, 0.4) is 0 Å². The number of benzene rings is 1. The van der Waals surface area contributed by atoms with Crippen molar-refractivity contribution >= 4 is 13.7 Å². The average molecular weight is 449 g/mol. The largest absolute Gasteiger partial charge is 0.464 e. The lowest BCUT2D eigenvalue weighted by Gasteiger charge is -2.26. The molecule has 6 atom stereocenters. The lowest BCUT2D eigenvalue weighted by atomic mass is 9.99. The Morgan fingerprint density at radius 3 is 2.50 bits per heavy atom. The lowest BCUT2D eigenvalue weighted by Crippen LogP contribution is -2.38. The van der Waals surface area contributed by atoms with E-state index < -0.39 is 51.0 Å². The van der Waals surface area contributed by atoms with Gasteiger partial charge < -0.3 is 24.2 Å². The molecule has 0 aromatic heterocycles. The molecule has 0 spiro atoms. The molecule has 1 heterocycles. The third-order valence-corrected chi connectivity index (χ3v) is 5.66. The number of aliphatic hydroxyl groups is 2. The lowest BCUT2D eigenvalue weighted by molar-refractivity contribution is -0.148. The highest BCUT2D eigenvalue weighted by Crippen LogP contribution is 2.48. The number of para-hydroxylation sites is 1. The third kappa shape index (κ3) is 7.01. The Morgan fingerprint density at radius 2 is 1.97 bits per heavy atom. The fraction of sp³-hybridized carbons (Fsp3) is 0.632. The van der Waals surface area contributed by atoms with Gasteiger partial charge in [-0.1, -0.05) is 39.0 Å². The van der Waals surface area contributed by atoms with Gasteiger partial charge in [-0.2, -0.15) is 5.09 Å². The van der Waals surface area contributed by atoms with Crippen molar-refractivity contribution in [2.24, 2.45) is 5.41 Å². The molecule has 1 saturated heterocycles. The van der Waals surface area contributed by atoms with Crippen LogP contribution >= 0.6 is 7.75 Å². The number of halogens is 1. The van der Waals surface area contributed by atoms with E-state index in [0.717, 1.165) is 0 Å². The highest BCUT2D eigenvalue weighted by atomic mass is 31.2. The van der Waals surface area contributed by atoms with E-state index in [-0.39, 0.29) is 17.8 Å². The fourth-order valence-electron chi connectivity index (χ4n) is 2.47. The van der Waals surface area contributed by atoms with Crippen molar-refractivity contribution in [2.45, 2.75) is 58.4 Å². The molecular formula is C19H29FNO8P. The molecule has 0 aliphatic carbocycles. The van der Waals surface area contributed by atoms with Gasteiger partial charge in [0.2, 0.25) is 6.29 Å². The molecule has 1 fully saturated rings. The standard InChI is InChI=1S/C19H29FNO8P/c1-12(17(24)26-11-19(2,3)4)21-30(25,28-13-8-6-5-7-9-13)29-18-15(20)16(23)14(10-22)27-18/h5-9,12,14-16,18,22-23H,10-11H2,1-4H3,(H,21,25)/t12-,14+,15-,16+,18+,30?/m0/s1. The fourth-order valence-corrected chi connectivity index (χ4v) is 4.04. The second-order valence-electron chi connectivity index (χ2n) is 8.19. The minimum atomic E-state index is -4.37. The van der Waals surface area contributed by atoms with E-state index >= 15 is 0 Å². The topological polar surface area (TPSA) is 124 Å². The summed E-state index contributed by atoms with van der Waals surface area (Å²) in [5, 5.41) is 21.3. The van der Waals surface area contributed by atoms with E-state index in [1.54, 1.807) is 18.2 Å². The quantitative estimate of drug-likeness (QED) is 0.384. The van der Waals surface area contributed by atoms with Gasteiger partial charge in [-0.3, -0.25) is 9.32 Å². The number of alkyl halides is 1. The highest BCUT2D eigenvalue weighted by molar-refractivity contribution is 7.52. The number of carbonyl (C=O) groups excluding carboxylic acids is 1. The number of aliphatic hydroxyl groups excluding tert-OH is 2. The summed E-state index contributed by atoms with van der Waals surface area (Å²) in [5.74, 6) is -0.570. The summed E-state index contributed by atoms with van der Waals surface area (Å²) in [6, 6.07) is 6.81. The monoisotopic (exact) mass is 449 g/mol. The molecule has 3 N–H and O–H groups in total. The maximum atomic E-state index is 14.3. The summed E-state index contributed by atoms with van der Waals surface area (Å²) in [5.41, 5.74) is -0.273. The smallest absolute Gasteiger partial charge is 0.461 e. The van der Waals surface area contributed by atoms with Crippen LogP contribution in [0.1, 0.15) is 27.7 Å². The van der Waals surface area contributed by atoms with E-state index in [9.17, 15) is 18.9 Å². The molecule has 1 aromatic carbocycles. The van der Waals surface area contributed by atoms with Crippen LogP contribution in [-0.4, -0.2) is 60.1 Å². The van der Waals surface area contributed by atoms with Gasteiger partial charge in [-0.05, 0) is 24.5 Å². The Bertz CT molecular complexity index is 744. The second-order valence-corrected chi connectivity index (χ2v) is 9.83. The molecule has 1 unspecified atom stereocenters. The maximum absolute atomic E-state index is 14.3. The molecule has 0 radical (unpaired) electrons. The van der Waals surface area contributed by atoms with Gasteiger partial charge in [0, 0.05) is 0 Å². The zero-order chi connectivity index (χ0) is 22.5. The van der Waals surface area contributed by atoms with Crippen LogP contribution in [0.5, 0.6) is 5.75 Å². The van der Waals surface area contributed by atoms with Crippen molar-refractivity contribution < 1.29 is 42.5 Å². The Kier molecular flexibility index (Phi) is 8.38. The summed E-state index contributed by atoms with van der Waals surface area (Å²) in [6.45, 7) is 6.51. The summed E-state index contributed by atoms with van der Waals surface area (Å²) in [7, 11) is -4.37. The number of hydrogen-bond donors (Lipinski definition) is 3. The first kappa shape index (κ1) is 24.7. The van der Waals surface area contributed by atoms with Crippen molar-refractivity contribution in [3.63, 3.8) is 0 Å². The first-order chi connectivity index (χ1) is 13.9. The van der Waals surface area contributed by atoms with Crippen LogP contribution in [0.15, 0.2) is 30.3 Å². The Hall–Kier alpha value is -1.55. The summed E-state index contributed by atoms with van der Waals surface area (Å²) < 4.78 is 48.6. The van der Waals surface area contributed by atoms with E-state index in [1.807, 2.05) is 20.8 Å². The number of hydrogen-bond acceptors (Lipinski definition) is 8.